The molecule has 0 aliphatic heterocycles. The number of hydrogen-bond donors (Lipinski definition) is 3. The number of amides is 2. The van der Waals surface area contributed by atoms with Crippen molar-refractivity contribution in [1.82, 2.24) is 4.98 Å². The molecular formula is C13H10FN3O3. The summed E-state index contributed by atoms with van der Waals surface area (Å²) < 4.78 is 13.2. The average molecular weight is 275 g/mol. The van der Waals surface area contributed by atoms with Gasteiger partial charge in [-0.3, -0.25) is 4.98 Å². The number of aromatic carboxylic acids is 1. The summed E-state index contributed by atoms with van der Waals surface area (Å²) in [5.41, 5.74) is 0.139. The van der Waals surface area contributed by atoms with E-state index < -0.39 is 23.4 Å². The lowest BCUT2D eigenvalue weighted by Gasteiger charge is -2.08. The van der Waals surface area contributed by atoms with Crippen molar-refractivity contribution in [1.29, 1.82) is 0 Å². The third-order valence-electron chi connectivity index (χ3n) is 2.37. The molecule has 0 saturated heterocycles. The molecule has 7 heteroatoms. The SMILES string of the molecule is O=C(Nc1cccnc1)Nc1ccc(F)c(C(=O)O)c1. The van der Waals surface area contributed by atoms with Crippen LogP contribution in [-0.2, 0) is 0 Å². The number of urea groups is 1. The molecule has 0 fully saturated rings. The van der Waals surface area contributed by atoms with Gasteiger partial charge < -0.3 is 15.7 Å². The minimum atomic E-state index is -1.40. The fourth-order valence-electron chi connectivity index (χ4n) is 1.50. The number of hydrogen-bond acceptors (Lipinski definition) is 3. The summed E-state index contributed by atoms with van der Waals surface area (Å²) in [6.07, 6.45) is 3.01. The first-order chi connectivity index (χ1) is 9.56. The molecule has 6 nitrogen and oxygen atoms in total. The molecule has 0 unspecified atom stereocenters. The Kier molecular flexibility index (Phi) is 3.90. The molecule has 0 aliphatic carbocycles. The molecule has 0 aliphatic rings. The number of rotatable bonds is 3. The highest BCUT2D eigenvalue weighted by Crippen LogP contribution is 2.15. The molecule has 0 bridgehead atoms. The normalized spacial score (nSPS) is 9.85. The number of carbonyl (C=O) groups excluding carboxylic acids is 1. The van der Waals surface area contributed by atoms with Gasteiger partial charge in [-0.2, -0.15) is 0 Å². The van der Waals surface area contributed by atoms with Crippen LogP contribution in [-0.4, -0.2) is 22.1 Å². The topological polar surface area (TPSA) is 91.3 Å². The zero-order valence-corrected chi connectivity index (χ0v) is 10.1. The predicted octanol–water partition coefficient (Wildman–Crippen LogP) is 2.56. The van der Waals surface area contributed by atoms with Crippen molar-refractivity contribution in [2.24, 2.45) is 0 Å². The van der Waals surface area contributed by atoms with Crippen LogP contribution < -0.4 is 10.6 Å². The van der Waals surface area contributed by atoms with Gasteiger partial charge in [0.1, 0.15) is 5.82 Å². The molecule has 1 aromatic carbocycles. The first-order valence-electron chi connectivity index (χ1n) is 5.57. The fraction of sp³-hybridized carbons (Fsp3) is 0. The van der Waals surface area contributed by atoms with E-state index in [9.17, 15) is 14.0 Å². The van der Waals surface area contributed by atoms with Crippen molar-refractivity contribution in [2.75, 3.05) is 10.6 Å². The smallest absolute Gasteiger partial charge is 0.338 e. The monoisotopic (exact) mass is 275 g/mol. The molecule has 3 N–H and O–H groups in total. The molecule has 1 aromatic heterocycles. The first kappa shape index (κ1) is 13.5. The Hall–Kier alpha value is -2.96. The van der Waals surface area contributed by atoms with Crippen LogP contribution in [0.2, 0.25) is 0 Å². The third-order valence-corrected chi connectivity index (χ3v) is 2.37. The number of benzene rings is 1. The number of pyridine rings is 1. The van der Waals surface area contributed by atoms with Gasteiger partial charge in [-0.25, -0.2) is 14.0 Å². The number of carboxylic acids is 1. The minimum Gasteiger partial charge on any atom is -0.478 e. The second-order valence-corrected chi connectivity index (χ2v) is 3.82. The number of nitrogens with zero attached hydrogens (tertiary/aromatic N) is 1. The summed E-state index contributed by atoms with van der Waals surface area (Å²) in [4.78, 5) is 26.3. The lowest BCUT2D eigenvalue weighted by atomic mass is 10.2. The zero-order valence-electron chi connectivity index (χ0n) is 10.1. The molecule has 1 heterocycles. The lowest BCUT2D eigenvalue weighted by Crippen LogP contribution is -2.19. The van der Waals surface area contributed by atoms with E-state index in [0.29, 0.717) is 5.69 Å². The van der Waals surface area contributed by atoms with E-state index in [-0.39, 0.29) is 5.69 Å². The number of halogens is 1. The van der Waals surface area contributed by atoms with Gasteiger partial charge in [0.15, 0.2) is 0 Å². The number of anilines is 2. The van der Waals surface area contributed by atoms with Crippen molar-refractivity contribution in [3.63, 3.8) is 0 Å². The molecule has 20 heavy (non-hydrogen) atoms. The number of aromatic nitrogens is 1. The van der Waals surface area contributed by atoms with E-state index in [1.54, 1.807) is 18.3 Å². The van der Waals surface area contributed by atoms with Crippen molar-refractivity contribution < 1.29 is 19.1 Å². The number of nitrogens with one attached hydrogen (secondary N) is 2. The Morgan fingerprint density at radius 3 is 2.55 bits per heavy atom. The van der Waals surface area contributed by atoms with E-state index in [4.69, 9.17) is 5.11 Å². The van der Waals surface area contributed by atoms with Crippen LogP contribution in [0, 0.1) is 5.82 Å². The molecule has 0 spiro atoms. The second kappa shape index (κ2) is 5.79. The van der Waals surface area contributed by atoms with Crippen molar-refractivity contribution in [3.05, 3.63) is 54.1 Å². The van der Waals surface area contributed by atoms with Crippen molar-refractivity contribution >= 4 is 23.4 Å². The number of carboxylic acid groups (broad SMARTS) is 1. The van der Waals surface area contributed by atoms with Gasteiger partial charge >= 0.3 is 12.0 Å². The summed E-state index contributed by atoms with van der Waals surface area (Å²) in [7, 11) is 0. The van der Waals surface area contributed by atoms with Crippen LogP contribution in [0.4, 0.5) is 20.6 Å². The second-order valence-electron chi connectivity index (χ2n) is 3.82. The van der Waals surface area contributed by atoms with E-state index in [1.165, 1.54) is 12.3 Å². The quantitative estimate of drug-likeness (QED) is 0.802. The van der Waals surface area contributed by atoms with E-state index in [0.717, 1.165) is 12.1 Å². The third kappa shape index (κ3) is 3.29. The van der Waals surface area contributed by atoms with E-state index in [2.05, 4.69) is 15.6 Å². The lowest BCUT2D eigenvalue weighted by molar-refractivity contribution is 0.0692. The minimum absolute atomic E-state index is 0.171. The fourth-order valence-corrected chi connectivity index (χ4v) is 1.50. The maximum atomic E-state index is 13.2. The van der Waals surface area contributed by atoms with Crippen LogP contribution >= 0.6 is 0 Å². The van der Waals surface area contributed by atoms with E-state index in [1.807, 2.05) is 0 Å². The van der Waals surface area contributed by atoms with Crippen LogP contribution in [0.3, 0.4) is 0 Å². The van der Waals surface area contributed by atoms with Gasteiger partial charge in [-0.05, 0) is 30.3 Å². The number of carbonyl (C=O) groups is 2. The van der Waals surface area contributed by atoms with Gasteiger partial charge in [0.2, 0.25) is 0 Å². The van der Waals surface area contributed by atoms with Crippen molar-refractivity contribution in [2.45, 2.75) is 0 Å². The Morgan fingerprint density at radius 2 is 1.90 bits per heavy atom. The standard InChI is InChI=1S/C13H10FN3O3/c14-11-4-3-8(6-10(11)12(18)19)16-13(20)17-9-2-1-5-15-7-9/h1-7H,(H,18,19)(H2,16,17,20). The maximum Gasteiger partial charge on any atom is 0.338 e. The first-order valence-corrected chi connectivity index (χ1v) is 5.57. The van der Waals surface area contributed by atoms with Crippen LogP contribution in [0.25, 0.3) is 0 Å². The average Bonchev–Trinajstić information content (AvgIpc) is 2.41. The van der Waals surface area contributed by atoms with Crippen molar-refractivity contribution in [3.8, 4) is 0 Å². The van der Waals surface area contributed by atoms with Crippen LogP contribution in [0.5, 0.6) is 0 Å². The molecular weight excluding hydrogens is 265 g/mol. The summed E-state index contributed by atoms with van der Waals surface area (Å²) in [5.74, 6) is -2.27. The van der Waals surface area contributed by atoms with Gasteiger partial charge in [0, 0.05) is 11.9 Å². The molecule has 102 valence electrons. The van der Waals surface area contributed by atoms with E-state index >= 15 is 0 Å². The predicted molar refractivity (Wildman–Crippen MR) is 70.2 cm³/mol. The Bertz CT molecular complexity index is 647. The Balaban J connectivity index is 2.08. The molecule has 2 rings (SSSR count). The Morgan fingerprint density at radius 1 is 1.15 bits per heavy atom. The Labute approximate surface area is 113 Å². The molecule has 2 amide bonds. The summed E-state index contributed by atoms with van der Waals surface area (Å²) in [5, 5.41) is 13.7. The summed E-state index contributed by atoms with van der Waals surface area (Å²) >= 11 is 0. The summed E-state index contributed by atoms with van der Waals surface area (Å²) in [6, 6.07) is 5.99. The van der Waals surface area contributed by atoms with Gasteiger partial charge in [0.25, 0.3) is 0 Å². The molecule has 2 aromatic rings. The molecule has 0 radical (unpaired) electrons. The van der Waals surface area contributed by atoms with Gasteiger partial charge in [0.05, 0.1) is 17.4 Å². The largest absolute Gasteiger partial charge is 0.478 e. The molecule has 0 saturated carbocycles. The van der Waals surface area contributed by atoms with Gasteiger partial charge in [-0.15, -0.1) is 0 Å². The zero-order chi connectivity index (χ0) is 14.5. The highest BCUT2D eigenvalue weighted by molar-refractivity contribution is 6.00. The van der Waals surface area contributed by atoms with Gasteiger partial charge in [-0.1, -0.05) is 0 Å². The highest BCUT2D eigenvalue weighted by Gasteiger charge is 2.12. The highest BCUT2D eigenvalue weighted by atomic mass is 19.1. The maximum absolute atomic E-state index is 13.2. The van der Waals surface area contributed by atoms with Crippen LogP contribution in [0.1, 0.15) is 10.4 Å². The van der Waals surface area contributed by atoms with Crippen LogP contribution in [0.15, 0.2) is 42.7 Å². The summed E-state index contributed by atoms with van der Waals surface area (Å²) in [6.45, 7) is 0. The molecule has 0 atom stereocenters.